The second-order valence-electron chi connectivity index (χ2n) is 19.2. The second-order valence-corrected chi connectivity index (χ2v) is 20.3. The van der Waals surface area contributed by atoms with Crippen LogP contribution in [0, 0.1) is 0 Å². The molecular weight excluding hydrogens is 840 g/mol. The van der Waals surface area contributed by atoms with Gasteiger partial charge in [0.2, 0.25) is 0 Å². The molecular formula is C64H45BN2S. The molecule has 10 aromatic carbocycles. The highest BCUT2D eigenvalue weighted by molar-refractivity contribution is 7.26. The van der Waals surface area contributed by atoms with E-state index in [1.165, 1.54) is 109 Å². The van der Waals surface area contributed by atoms with Crippen molar-refractivity contribution < 1.29 is 0 Å². The number of hydrogen-bond acceptors (Lipinski definition) is 3. The summed E-state index contributed by atoms with van der Waals surface area (Å²) in [6.07, 6.45) is 0. The molecule has 0 fully saturated rings. The minimum atomic E-state index is -0.667. The van der Waals surface area contributed by atoms with E-state index < -0.39 is 5.41 Å². The molecule has 1 aromatic heterocycles. The van der Waals surface area contributed by atoms with Crippen molar-refractivity contribution in [2.75, 3.05) is 10.1 Å². The summed E-state index contributed by atoms with van der Waals surface area (Å²) in [7, 11) is 0. The molecule has 1 aliphatic carbocycles. The van der Waals surface area contributed by atoms with Crippen molar-refractivity contribution in [1.82, 2.24) is 0 Å². The normalized spacial score (nSPS) is 13.9. The summed E-state index contributed by atoms with van der Waals surface area (Å²) >= 11 is 1.90. The van der Waals surface area contributed by atoms with Gasteiger partial charge in [0.05, 0.1) is 5.41 Å². The lowest BCUT2D eigenvalue weighted by atomic mass is 9.42. The molecule has 68 heavy (non-hydrogen) atoms. The summed E-state index contributed by atoms with van der Waals surface area (Å²) in [4.78, 5) is 2.75. The second kappa shape index (κ2) is 14.8. The van der Waals surface area contributed by atoms with Crippen LogP contribution in [-0.4, -0.2) is 6.85 Å². The molecule has 0 amide bonds. The van der Waals surface area contributed by atoms with Crippen LogP contribution in [0.5, 0.6) is 0 Å². The Labute approximate surface area is 401 Å². The maximum Gasteiger partial charge on any atom is 0.333 e. The lowest BCUT2D eigenvalue weighted by Gasteiger charge is -2.46. The van der Waals surface area contributed by atoms with Gasteiger partial charge in [0.1, 0.15) is 0 Å². The lowest BCUT2D eigenvalue weighted by Crippen LogP contribution is -2.61. The van der Waals surface area contributed by atoms with Crippen LogP contribution in [0.4, 0.5) is 22.7 Å². The molecule has 0 bridgehead atoms. The van der Waals surface area contributed by atoms with Gasteiger partial charge in [0.25, 0.3) is 0 Å². The Hall–Kier alpha value is -7.92. The first-order valence-corrected chi connectivity index (χ1v) is 24.6. The van der Waals surface area contributed by atoms with Crippen molar-refractivity contribution in [3.63, 3.8) is 0 Å². The fraction of sp³-hybridized carbons (Fsp3) is 0.0625. The van der Waals surface area contributed by atoms with E-state index in [9.17, 15) is 0 Å². The molecule has 0 atom stereocenters. The number of anilines is 4. The summed E-state index contributed by atoms with van der Waals surface area (Å²) in [6, 6.07) is 86.3. The number of rotatable bonds is 6. The first-order valence-electron chi connectivity index (χ1n) is 23.8. The molecule has 2 nitrogen and oxygen atoms in total. The Morgan fingerprint density at radius 3 is 1.84 bits per heavy atom. The highest BCUT2D eigenvalue weighted by Crippen LogP contribution is 2.57. The van der Waals surface area contributed by atoms with Gasteiger partial charge in [-0.2, -0.15) is 0 Å². The van der Waals surface area contributed by atoms with Gasteiger partial charge < -0.3 is 10.1 Å². The smallest absolute Gasteiger partial charge is 0.333 e. The van der Waals surface area contributed by atoms with Crippen LogP contribution in [0.15, 0.2) is 231 Å². The van der Waals surface area contributed by atoms with E-state index in [2.05, 4.69) is 254 Å². The number of fused-ring (bicyclic) bond motifs is 11. The third-order valence-electron chi connectivity index (χ3n) is 15.4. The Bertz CT molecular complexity index is 3710. The molecule has 0 saturated carbocycles. The van der Waals surface area contributed by atoms with Gasteiger partial charge in [-0.3, -0.25) is 0 Å². The van der Waals surface area contributed by atoms with E-state index in [-0.39, 0.29) is 12.3 Å². The predicted molar refractivity (Wildman–Crippen MR) is 289 cm³/mol. The third kappa shape index (κ3) is 5.41. The van der Waals surface area contributed by atoms with Crippen molar-refractivity contribution in [2.45, 2.75) is 24.7 Å². The van der Waals surface area contributed by atoms with Crippen LogP contribution in [0.1, 0.15) is 47.2 Å². The average molecular weight is 885 g/mol. The number of nitrogens with one attached hydrogen (secondary N) is 1. The van der Waals surface area contributed by atoms with E-state index in [4.69, 9.17) is 0 Å². The van der Waals surface area contributed by atoms with Crippen molar-refractivity contribution in [3.05, 3.63) is 264 Å². The van der Waals surface area contributed by atoms with Crippen molar-refractivity contribution in [2.24, 2.45) is 0 Å². The minimum absolute atomic E-state index is 0.191. The maximum atomic E-state index is 4.30. The standard InChI is InChI=1S/C64H45BN2S/c1-63(2)50-32-17-15-29-46(50)47-31-19-35-54(60(47)63)67-55-39-42(41-21-7-3-8-22-41)37-38-48(55)59-58-49-30-16-18-36-56(49)68-57(58)40-53-61(59)65(67)52-34-20-33-51(62(52)66-53)64(43-23-9-4-10-24-43,44-25-11-5-12-26-44)45-27-13-6-14-28-45/h3-40,66H,1-2H3. The number of hydrogen-bond donors (Lipinski definition) is 1. The van der Waals surface area contributed by atoms with Crippen LogP contribution in [-0.2, 0) is 10.8 Å². The molecule has 0 spiro atoms. The number of para-hydroxylation sites is 1. The van der Waals surface area contributed by atoms with Crippen LogP contribution >= 0.6 is 11.3 Å². The van der Waals surface area contributed by atoms with Crippen LogP contribution in [0.2, 0.25) is 0 Å². The fourth-order valence-electron chi connectivity index (χ4n) is 12.6. The maximum absolute atomic E-state index is 4.30. The summed E-state index contributed by atoms with van der Waals surface area (Å²) < 4.78 is 2.59. The van der Waals surface area contributed by atoms with Gasteiger partial charge in [-0.25, -0.2) is 0 Å². The Kier molecular flexibility index (Phi) is 8.54. The van der Waals surface area contributed by atoms with Gasteiger partial charge in [-0.15, -0.1) is 11.3 Å². The third-order valence-corrected chi connectivity index (χ3v) is 16.5. The molecule has 14 rings (SSSR count). The monoisotopic (exact) mass is 884 g/mol. The summed E-state index contributed by atoms with van der Waals surface area (Å²) in [6.45, 7) is 4.66. The SMILES string of the molecule is CC1(C)c2ccccc2-c2cccc(N3B4c5cccc(C(c6ccccc6)(c6ccccc6)c6ccccc6)c5Nc5cc6sc7ccccc7c6c(c54)-c4ccc(-c5ccccc5)cc43)c21. The van der Waals surface area contributed by atoms with Crippen molar-refractivity contribution in [3.8, 4) is 33.4 Å². The molecule has 320 valence electrons. The van der Waals surface area contributed by atoms with E-state index >= 15 is 0 Å². The highest BCUT2D eigenvalue weighted by Gasteiger charge is 2.49. The molecule has 3 heterocycles. The Morgan fingerprint density at radius 2 is 1.12 bits per heavy atom. The van der Waals surface area contributed by atoms with Gasteiger partial charge in [0, 0.05) is 53.9 Å². The zero-order valence-electron chi connectivity index (χ0n) is 37.9. The van der Waals surface area contributed by atoms with Gasteiger partial charge in [-0.1, -0.05) is 220 Å². The van der Waals surface area contributed by atoms with E-state index in [0.29, 0.717) is 0 Å². The Morgan fingerprint density at radius 1 is 0.500 bits per heavy atom. The number of benzene rings is 10. The van der Waals surface area contributed by atoms with E-state index in [1.807, 2.05) is 11.3 Å². The summed E-state index contributed by atoms with van der Waals surface area (Å²) in [5.41, 5.74) is 21.7. The summed E-state index contributed by atoms with van der Waals surface area (Å²) in [5.74, 6) is 0. The largest absolute Gasteiger partial charge is 0.376 e. The molecule has 3 aliphatic rings. The molecule has 0 radical (unpaired) electrons. The lowest BCUT2D eigenvalue weighted by molar-refractivity contribution is 0.661. The van der Waals surface area contributed by atoms with E-state index in [0.717, 1.165) is 11.4 Å². The number of thiophene rings is 1. The zero-order valence-corrected chi connectivity index (χ0v) is 38.7. The van der Waals surface area contributed by atoms with Crippen molar-refractivity contribution in [1.29, 1.82) is 0 Å². The molecule has 4 heteroatoms. The van der Waals surface area contributed by atoms with Crippen LogP contribution in [0.3, 0.4) is 0 Å². The zero-order chi connectivity index (χ0) is 45.1. The van der Waals surface area contributed by atoms with Crippen LogP contribution in [0.25, 0.3) is 53.6 Å². The minimum Gasteiger partial charge on any atom is -0.376 e. The van der Waals surface area contributed by atoms with Gasteiger partial charge in [0.15, 0.2) is 0 Å². The Balaban J connectivity index is 1.14. The first kappa shape index (κ1) is 39.3. The topological polar surface area (TPSA) is 15.3 Å². The predicted octanol–water partition coefficient (Wildman–Crippen LogP) is 15.4. The first-order chi connectivity index (χ1) is 33.5. The quantitative estimate of drug-likeness (QED) is 0.132. The average Bonchev–Trinajstić information content (AvgIpc) is 3.89. The number of nitrogens with zero attached hydrogens (tertiary/aromatic N) is 1. The fourth-order valence-corrected chi connectivity index (χ4v) is 13.7. The summed E-state index contributed by atoms with van der Waals surface area (Å²) in [5, 5.41) is 6.95. The van der Waals surface area contributed by atoms with Crippen molar-refractivity contribution >= 4 is 72.0 Å². The molecule has 1 N–H and O–H groups in total. The molecule has 0 unspecified atom stereocenters. The van der Waals surface area contributed by atoms with Gasteiger partial charge >= 0.3 is 6.85 Å². The molecule has 11 aromatic rings. The van der Waals surface area contributed by atoms with E-state index in [1.54, 1.807) is 0 Å². The van der Waals surface area contributed by atoms with Crippen LogP contribution < -0.4 is 21.1 Å². The van der Waals surface area contributed by atoms with Gasteiger partial charge in [-0.05, 0) is 96.4 Å². The molecule has 0 saturated heterocycles. The molecule has 2 aliphatic heterocycles. The highest BCUT2D eigenvalue weighted by atomic mass is 32.1.